The lowest BCUT2D eigenvalue weighted by Crippen LogP contribution is -2.07. The minimum absolute atomic E-state index is 0.0369. The maximum Gasteiger partial charge on any atom is 0.442 e. The fraction of sp³-hybridized carbons (Fsp3) is 0.333. The molecule has 0 saturated heterocycles. The van der Waals surface area contributed by atoms with Crippen LogP contribution in [0.15, 0.2) is 24.1 Å². The summed E-state index contributed by atoms with van der Waals surface area (Å²) in [6.07, 6.45) is -4.53. The topological polar surface area (TPSA) is 0 Å². The Morgan fingerprint density at radius 2 is 1.80 bits per heavy atom. The van der Waals surface area contributed by atoms with Gasteiger partial charge in [-0.1, -0.05) is 12.2 Å². The molecule has 58 valence electrons. The van der Waals surface area contributed by atoms with Crippen LogP contribution in [0.1, 0.15) is 6.92 Å². The Labute approximate surface area is 55.8 Å². The molecule has 0 radical (unpaired) electrons. The van der Waals surface area contributed by atoms with Crippen LogP contribution in [0.3, 0.4) is 0 Å². The molecule has 0 fully saturated rings. The van der Waals surface area contributed by atoms with Crippen LogP contribution >= 0.6 is 0 Å². The molecule has 0 unspecified atom stereocenters. The van der Waals surface area contributed by atoms with E-state index in [1.807, 2.05) is 0 Å². The first kappa shape index (κ1) is 9.20. The van der Waals surface area contributed by atoms with Crippen LogP contribution in [0.5, 0.6) is 0 Å². The zero-order chi connectivity index (χ0) is 8.36. The molecule has 0 spiro atoms. The fourth-order valence-corrected chi connectivity index (χ4v) is 0.298. The zero-order valence-electron chi connectivity index (χ0n) is 5.30. The normalized spacial score (nSPS) is 13.5. The molecule has 0 aliphatic rings. The average molecular weight is 154 g/mol. The highest BCUT2D eigenvalue weighted by atomic mass is 19.4. The van der Waals surface area contributed by atoms with Crippen molar-refractivity contribution in [1.82, 2.24) is 0 Å². The van der Waals surface area contributed by atoms with Crippen molar-refractivity contribution in [1.29, 1.82) is 0 Å². The highest BCUT2D eigenvalue weighted by Crippen LogP contribution is 2.26. The van der Waals surface area contributed by atoms with Gasteiger partial charge in [-0.05, 0) is 13.0 Å². The first-order chi connectivity index (χ1) is 4.34. The van der Waals surface area contributed by atoms with E-state index >= 15 is 0 Å². The van der Waals surface area contributed by atoms with E-state index in [0.29, 0.717) is 6.08 Å². The summed E-state index contributed by atoms with van der Waals surface area (Å²) in [7, 11) is 0. The maximum absolute atomic E-state index is 11.8. The largest absolute Gasteiger partial charge is 0.442 e. The average Bonchev–Trinajstić information content (AvgIpc) is 1.60. The van der Waals surface area contributed by atoms with Crippen LogP contribution in [0.25, 0.3) is 0 Å². The Morgan fingerprint density at radius 1 is 1.40 bits per heavy atom. The van der Waals surface area contributed by atoms with Gasteiger partial charge in [-0.3, -0.25) is 0 Å². The molecule has 0 nitrogen and oxygen atoms in total. The SMILES string of the molecule is C=C(C)/C=C(\F)C(F)(F)F. The third-order valence-electron chi connectivity index (χ3n) is 0.644. The second kappa shape index (κ2) is 2.86. The highest BCUT2D eigenvalue weighted by molar-refractivity contribution is 5.17. The standard InChI is InChI=1S/C6H6F4/c1-4(2)3-5(7)6(8,9)10/h3H,1H2,2H3/b5-3-. The summed E-state index contributed by atoms with van der Waals surface area (Å²) in [4.78, 5) is 0. The van der Waals surface area contributed by atoms with Gasteiger partial charge in [0.1, 0.15) is 0 Å². The van der Waals surface area contributed by atoms with Gasteiger partial charge in [-0.25, -0.2) is 4.39 Å². The molecule has 0 N–H and O–H groups in total. The Bertz CT molecular complexity index is 163. The van der Waals surface area contributed by atoms with Gasteiger partial charge in [-0.15, -0.1) is 0 Å². The van der Waals surface area contributed by atoms with E-state index in [4.69, 9.17) is 0 Å². The summed E-state index contributed by atoms with van der Waals surface area (Å²) < 4.78 is 45.8. The van der Waals surface area contributed by atoms with E-state index in [1.165, 1.54) is 6.92 Å². The number of rotatable bonds is 1. The van der Waals surface area contributed by atoms with E-state index in [9.17, 15) is 17.6 Å². The molecule has 0 aromatic heterocycles. The van der Waals surface area contributed by atoms with Crippen molar-refractivity contribution in [3.63, 3.8) is 0 Å². The minimum atomic E-state index is -4.88. The van der Waals surface area contributed by atoms with Crippen LogP contribution in [0, 0.1) is 0 Å². The summed E-state index contributed by atoms with van der Waals surface area (Å²) in [5.41, 5.74) is 0.0369. The van der Waals surface area contributed by atoms with Crippen LogP contribution in [0.2, 0.25) is 0 Å². The van der Waals surface area contributed by atoms with Gasteiger partial charge in [0.05, 0.1) is 0 Å². The van der Waals surface area contributed by atoms with Crippen molar-refractivity contribution in [2.45, 2.75) is 13.1 Å². The molecule has 10 heavy (non-hydrogen) atoms. The van der Waals surface area contributed by atoms with Crippen molar-refractivity contribution >= 4 is 0 Å². The zero-order valence-corrected chi connectivity index (χ0v) is 5.30. The van der Waals surface area contributed by atoms with E-state index in [0.717, 1.165) is 0 Å². The Hall–Kier alpha value is -0.800. The third kappa shape index (κ3) is 3.27. The molecule has 0 rings (SSSR count). The Balaban J connectivity index is 4.35. The molecule has 0 aromatic carbocycles. The van der Waals surface area contributed by atoms with E-state index in [2.05, 4.69) is 6.58 Å². The first-order valence-electron chi connectivity index (χ1n) is 2.44. The van der Waals surface area contributed by atoms with Gasteiger partial charge in [0.25, 0.3) is 0 Å². The number of alkyl halides is 3. The summed E-state index contributed by atoms with van der Waals surface area (Å²) in [6, 6.07) is 0. The maximum atomic E-state index is 11.8. The van der Waals surface area contributed by atoms with Crippen molar-refractivity contribution in [2.75, 3.05) is 0 Å². The minimum Gasteiger partial charge on any atom is -0.202 e. The fourth-order valence-electron chi connectivity index (χ4n) is 0.298. The molecule has 0 amide bonds. The lowest BCUT2D eigenvalue weighted by atomic mass is 10.3. The van der Waals surface area contributed by atoms with E-state index in [-0.39, 0.29) is 5.57 Å². The van der Waals surface area contributed by atoms with Gasteiger partial charge in [-0.2, -0.15) is 13.2 Å². The Morgan fingerprint density at radius 3 is 1.90 bits per heavy atom. The molecule has 0 aliphatic carbocycles. The Kier molecular flexibility index (Phi) is 2.63. The van der Waals surface area contributed by atoms with Crippen molar-refractivity contribution in [3.05, 3.63) is 24.1 Å². The molecule has 0 atom stereocenters. The molecule has 0 bridgehead atoms. The summed E-state index contributed by atoms with van der Waals surface area (Å²) in [6.45, 7) is 4.38. The van der Waals surface area contributed by atoms with Gasteiger partial charge in [0.2, 0.25) is 5.83 Å². The van der Waals surface area contributed by atoms with Crippen molar-refractivity contribution in [3.8, 4) is 0 Å². The summed E-state index contributed by atoms with van der Waals surface area (Å²) in [5, 5.41) is 0. The second-order valence-electron chi connectivity index (χ2n) is 1.84. The molecule has 0 saturated carbocycles. The number of hydrogen-bond donors (Lipinski definition) is 0. The lowest BCUT2D eigenvalue weighted by molar-refractivity contribution is -0.108. The number of hydrogen-bond acceptors (Lipinski definition) is 0. The molecular weight excluding hydrogens is 148 g/mol. The number of allylic oxidation sites excluding steroid dienone is 3. The predicted octanol–water partition coefficient (Wildman–Crippen LogP) is 2.98. The highest BCUT2D eigenvalue weighted by Gasteiger charge is 2.34. The quantitative estimate of drug-likeness (QED) is 0.402. The monoisotopic (exact) mass is 154 g/mol. The van der Waals surface area contributed by atoms with Crippen LogP contribution in [-0.2, 0) is 0 Å². The lowest BCUT2D eigenvalue weighted by Gasteiger charge is -2.01. The van der Waals surface area contributed by atoms with Gasteiger partial charge in [0.15, 0.2) is 0 Å². The van der Waals surface area contributed by atoms with Crippen LogP contribution < -0.4 is 0 Å². The van der Waals surface area contributed by atoms with Crippen molar-refractivity contribution < 1.29 is 17.6 Å². The van der Waals surface area contributed by atoms with Gasteiger partial charge < -0.3 is 0 Å². The van der Waals surface area contributed by atoms with E-state index < -0.39 is 12.0 Å². The third-order valence-corrected chi connectivity index (χ3v) is 0.644. The molecule has 4 heteroatoms. The first-order valence-corrected chi connectivity index (χ1v) is 2.44. The van der Waals surface area contributed by atoms with E-state index in [1.54, 1.807) is 0 Å². The predicted molar refractivity (Wildman–Crippen MR) is 30.1 cm³/mol. The molecule has 0 heterocycles. The molecular formula is C6H6F4. The van der Waals surface area contributed by atoms with Gasteiger partial charge >= 0.3 is 6.18 Å². The smallest absolute Gasteiger partial charge is 0.202 e. The molecule has 0 aliphatic heterocycles. The summed E-state index contributed by atoms with van der Waals surface area (Å²) in [5.74, 6) is -2.11. The van der Waals surface area contributed by atoms with Crippen LogP contribution in [0.4, 0.5) is 17.6 Å². The van der Waals surface area contributed by atoms with Crippen molar-refractivity contribution in [2.24, 2.45) is 0 Å². The second-order valence-corrected chi connectivity index (χ2v) is 1.84. The van der Waals surface area contributed by atoms with Gasteiger partial charge in [0, 0.05) is 0 Å². The number of halogens is 4. The van der Waals surface area contributed by atoms with Crippen LogP contribution in [-0.4, -0.2) is 6.18 Å². The summed E-state index contributed by atoms with van der Waals surface area (Å²) >= 11 is 0. The molecule has 0 aromatic rings.